The largest absolute Gasteiger partial charge is 0.371 e. The van der Waals surface area contributed by atoms with E-state index in [1.165, 1.54) is 56.4 Å². The van der Waals surface area contributed by atoms with Gasteiger partial charge in [0.25, 0.3) is 0 Å². The number of rotatable bonds is 2. The summed E-state index contributed by atoms with van der Waals surface area (Å²) in [6, 6.07) is 9.21. The summed E-state index contributed by atoms with van der Waals surface area (Å²) in [7, 11) is 0. The quantitative estimate of drug-likeness (QED) is 0.728. The minimum atomic E-state index is 0.588. The molecule has 1 spiro atoms. The molecule has 1 heteroatoms. The fourth-order valence-electron chi connectivity index (χ4n) is 4.40. The molecule has 1 aromatic rings. The summed E-state index contributed by atoms with van der Waals surface area (Å²) < 4.78 is 0. The maximum Gasteiger partial charge on any atom is 0.0366 e. The normalized spacial score (nSPS) is 24.2. The van der Waals surface area contributed by atoms with Gasteiger partial charge in [-0.15, -0.1) is 0 Å². The Balaban J connectivity index is 1.63. The van der Waals surface area contributed by atoms with Crippen molar-refractivity contribution in [2.24, 2.45) is 10.8 Å². The molecule has 0 radical (unpaired) electrons. The van der Waals surface area contributed by atoms with Gasteiger partial charge >= 0.3 is 0 Å². The molecule has 0 atom stereocenters. The Kier molecular flexibility index (Phi) is 3.56. The van der Waals surface area contributed by atoms with Gasteiger partial charge in [0.1, 0.15) is 0 Å². The predicted octanol–water partition coefficient (Wildman–Crippen LogP) is 5.05. The van der Waals surface area contributed by atoms with Crippen molar-refractivity contribution in [2.45, 2.75) is 59.3 Å². The summed E-state index contributed by atoms with van der Waals surface area (Å²) in [5.74, 6) is 0. The van der Waals surface area contributed by atoms with Crippen LogP contribution in [0.5, 0.6) is 0 Å². The predicted molar refractivity (Wildman–Crippen MR) is 87.3 cm³/mol. The van der Waals surface area contributed by atoms with Crippen LogP contribution >= 0.6 is 0 Å². The average molecular weight is 271 g/mol. The van der Waals surface area contributed by atoms with E-state index in [9.17, 15) is 0 Å². The zero-order valence-corrected chi connectivity index (χ0v) is 13.4. The molecule has 20 heavy (non-hydrogen) atoms. The molecule has 1 heterocycles. The molecular formula is C19H29N. The highest BCUT2D eigenvalue weighted by molar-refractivity contribution is 5.48. The van der Waals surface area contributed by atoms with Crippen molar-refractivity contribution in [3.8, 4) is 0 Å². The van der Waals surface area contributed by atoms with E-state index in [0.717, 1.165) is 6.42 Å². The first-order chi connectivity index (χ1) is 9.52. The molecule has 0 amide bonds. The van der Waals surface area contributed by atoms with E-state index < -0.39 is 0 Å². The van der Waals surface area contributed by atoms with E-state index in [1.54, 1.807) is 0 Å². The number of nitrogens with zero attached hydrogens (tertiary/aromatic N) is 1. The molecule has 0 aromatic heterocycles. The van der Waals surface area contributed by atoms with Crippen LogP contribution < -0.4 is 4.90 Å². The summed E-state index contributed by atoms with van der Waals surface area (Å²) in [4.78, 5) is 2.59. The number of hydrogen-bond donors (Lipinski definition) is 0. The zero-order chi connectivity index (χ0) is 14.2. The van der Waals surface area contributed by atoms with E-state index in [1.807, 2.05) is 0 Å². The Labute approximate surface area is 124 Å². The van der Waals surface area contributed by atoms with Crippen LogP contribution in [-0.4, -0.2) is 13.1 Å². The number of piperidine rings is 1. The Bertz CT molecular complexity index is 449. The van der Waals surface area contributed by atoms with E-state index in [2.05, 4.69) is 49.9 Å². The van der Waals surface area contributed by atoms with Gasteiger partial charge in [-0.1, -0.05) is 32.9 Å². The molecule has 1 aliphatic heterocycles. The molecule has 1 saturated heterocycles. The summed E-state index contributed by atoms with van der Waals surface area (Å²) in [5.41, 5.74) is 4.13. The monoisotopic (exact) mass is 271 g/mol. The van der Waals surface area contributed by atoms with Gasteiger partial charge in [-0.25, -0.2) is 0 Å². The minimum Gasteiger partial charge on any atom is -0.371 e. The van der Waals surface area contributed by atoms with Crippen LogP contribution in [0, 0.1) is 10.8 Å². The maximum atomic E-state index is 2.59. The zero-order valence-electron chi connectivity index (χ0n) is 13.4. The first-order valence-corrected chi connectivity index (χ1v) is 8.36. The van der Waals surface area contributed by atoms with Crippen molar-refractivity contribution in [3.63, 3.8) is 0 Å². The maximum absolute atomic E-state index is 2.59. The van der Waals surface area contributed by atoms with Crippen molar-refractivity contribution >= 4 is 5.69 Å². The summed E-state index contributed by atoms with van der Waals surface area (Å²) >= 11 is 0. The molecule has 110 valence electrons. The van der Waals surface area contributed by atoms with Gasteiger partial charge < -0.3 is 4.90 Å². The lowest BCUT2D eigenvalue weighted by Crippen LogP contribution is -2.39. The van der Waals surface area contributed by atoms with Crippen LogP contribution in [0.15, 0.2) is 24.3 Å². The second-order valence-electron chi connectivity index (χ2n) is 7.85. The highest BCUT2D eigenvalue weighted by atomic mass is 15.1. The summed E-state index contributed by atoms with van der Waals surface area (Å²) in [5, 5.41) is 0. The van der Waals surface area contributed by atoms with Crippen molar-refractivity contribution in [2.75, 3.05) is 18.0 Å². The minimum absolute atomic E-state index is 0.588. The molecule has 2 aliphatic rings. The third-order valence-electron chi connectivity index (χ3n) is 5.72. The van der Waals surface area contributed by atoms with E-state index in [4.69, 9.17) is 0 Å². The van der Waals surface area contributed by atoms with Gasteiger partial charge in [0.05, 0.1) is 0 Å². The Morgan fingerprint density at radius 1 is 0.950 bits per heavy atom. The lowest BCUT2D eigenvalue weighted by atomic mass is 9.74. The smallest absolute Gasteiger partial charge is 0.0366 e. The van der Waals surface area contributed by atoms with Crippen molar-refractivity contribution in [3.05, 3.63) is 29.8 Å². The Hall–Kier alpha value is -0.980. The van der Waals surface area contributed by atoms with Crippen molar-refractivity contribution in [1.82, 2.24) is 0 Å². The summed E-state index contributed by atoms with van der Waals surface area (Å²) in [6.07, 6.45) is 8.26. The molecule has 0 N–H and O–H groups in total. The van der Waals surface area contributed by atoms with Gasteiger partial charge in [-0.05, 0) is 67.1 Å². The number of aryl methyl sites for hydroxylation is 1. The van der Waals surface area contributed by atoms with Gasteiger partial charge in [0.2, 0.25) is 0 Å². The molecule has 1 nitrogen and oxygen atoms in total. The molecule has 3 rings (SSSR count). The van der Waals surface area contributed by atoms with Crippen molar-refractivity contribution < 1.29 is 0 Å². The van der Waals surface area contributed by atoms with Gasteiger partial charge in [0, 0.05) is 18.8 Å². The summed E-state index contributed by atoms with van der Waals surface area (Å²) in [6.45, 7) is 9.64. The van der Waals surface area contributed by atoms with Gasteiger partial charge in [0.15, 0.2) is 0 Å². The standard InChI is InChI=1S/C19H29N/c1-4-16-5-7-17(8-6-16)20-13-11-19(12-14-20)10-9-18(2,3)15-19/h5-8H,4,9-15H2,1-3H3. The molecule has 0 bridgehead atoms. The van der Waals surface area contributed by atoms with E-state index in [0.29, 0.717) is 10.8 Å². The third-order valence-corrected chi connectivity index (χ3v) is 5.72. The molecule has 1 saturated carbocycles. The topological polar surface area (TPSA) is 3.24 Å². The van der Waals surface area contributed by atoms with E-state index >= 15 is 0 Å². The third kappa shape index (κ3) is 2.73. The second kappa shape index (κ2) is 5.09. The lowest BCUT2D eigenvalue weighted by Gasteiger charge is -2.41. The first-order valence-electron chi connectivity index (χ1n) is 8.36. The molecule has 1 aliphatic carbocycles. The highest BCUT2D eigenvalue weighted by Crippen LogP contribution is 2.54. The van der Waals surface area contributed by atoms with Crippen LogP contribution in [0.1, 0.15) is 58.4 Å². The average Bonchev–Trinajstić information content (AvgIpc) is 2.75. The van der Waals surface area contributed by atoms with Crippen LogP contribution in [0.2, 0.25) is 0 Å². The molecule has 0 unspecified atom stereocenters. The fraction of sp³-hybridized carbons (Fsp3) is 0.684. The molecule has 1 aromatic carbocycles. The molecular weight excluding hydrogens is 242 g/mol. The second-order valence-corrected chi connectivity index (χ2v) is 7.85. The van der Waals surface area contributed by atoms with Crippen LogP contribution in [-0.2, 0) is 6.42 Å². The Morgan fingerprint density at radius 2 is 1.60 bits per heavy atom. The van der Waals surface area contributed by atoms with Gasteiger partial charge in [-0.2, -0.15) is 0 Å². The first kappa shape index (κ1) is 14.0. The lowest BCUT2D eigenvalue weighted by molar-refractivity contribution is 0.199. The van der Waals surface area contributed by atoms with Crippen molar-refractivity contribution in [1.29, 1.82) is 0 Å². The van der Waals surface area contributed by atoms with Crippen LogP contribution in [0.3, 0.4) is 0 Å². The Morgan fingerprint density at radius 3 is 2.10 bits per heavy atom. The molecule has 2 fully saturated rings. The SMILES string of the molecule is CCc1ccc(N2CCC3(CC2)CCC(C)(C)C3)cc1. The van der Waals surface area contributed by atoms with Crippen LogP contribution in [0.25, 0.3) is 0 Å². The number of benzene rings is 1. The van der Waals surface area contributed by atoms with Gasteiger partial charge in [-0.3, -0.25) is 0 Å². The fourth-order valence-corrected chi connectivity index (χ4v) is 4.40. The highest BCUT2D eigenvalue weighted by Gasteiger charge is 2.44. The number of anilines is 1. The van der Waals surface area contributed by atoms with E-state index in [-0.39, 0.29) is 0 Å². The van der Waals surface area contributed by atoms with Crippen LogP contribution in [0.4, 0.5) is 5.69 Å². The number of hydrogen-bond acceptors (Lipinski definition) is 1.